The Morgan fingerprint density at radius 2 is 2.00 bits per heavy atom. The van der Waals surface area contributed by atoms with Crippen LogP contribution < -0.4 is 5.73 Å². The number of hydrogen-bond donors (Lipinski definition) is 1. The maximum Gasteiger partial charge on any atom is 0.125 e. The summed E-state index contributed by atoms with van der Waals surface area (Å²) in [6.07, 6.45) is 0. The molecule has 2 rings (SSSR count). The van der Waals surface area contributed by atoms with Crippen molar-refractivity contribution >= 4 is 0 Å². The van der Waals surface area contributed by atoms with Crippen molar-refractivity contribution in [3.8, 4) is 17.2 Å². The van der Waals surface area contributed by atoms with Gasteiger partial charge in [0.15, 0.2) is 0 Å². The zero-order chi connectivity index (χ0) is 13.1. The van der Waals surface area contributed by atoms with Gasteiger partial charge in [0.25, 0.3) is 0 Å². The van der Waals surface area contributed by atoms with Gasteiger partial charge in [-0.3, -0.25) is 0 Å². The molecule has 0 spiro atoms. The summed E-state index contributed by atoms with van der Waals surface area (Å²) in [6.45, 7) is 2.39. The van der Waals surface area contributed by atoms with Gasteiger partial charge in [-0.15, -0.1) is 0 Å². The third kappa shape index (κ3) is 2.39. The van der Waals surface area contributed by atoms with Crippen molar-refractivity contribution in [2.75, 3.05) is 0 Å². The summed E-state index contributed by atoms with van der Waals surface area (Å²) in [4.78, 5) is 0. The third-order valence-corrected chi connectivity index (χ3v) is 2.88. The molecule has 3 heteroatoms. The number of hydrogen-bond acceptors (Lipinski definition) is 2. The second-order valence-corrected chi connectivity index (χ2v) is 4.19. The fourth-order valence-corrected chi connectivity index (χ4v) is 1.92. The van der Waals surface area contributed by atoms with Crippen LogP contribution in [0.25, 0.3) is 11.1 Å². The molecule has 0 aliphatic rings. The van der Waals surface area contributed by atoms with E-state index < -0.39 is 5.82 Å². The van der Waals surface area contributed by atoms with Gasteiger partial charge in [0.05, 0.1) is 11.6 Å². The van der Waals surface area contributed by atoms with E-state index in [0.29, 0.717) is 17.7 Å². The number of nitrogens with zero attached hydrogens (tertiary/aromatic N) is 1. The Kier molecular flexibility index (Phi) is 3.40. The van der Waals surface area contributed by atoms with Crippen LogP contribution in [-0.2, 0) is 6.54 Å². The molecule has 18 heavy (non-hydrogen) atoms. The van der Waals surface area contributed by atoms with E-state index in [9.17, 15) is 4.39 Å². The van der Waals surface area contributed by atoms with Crippen LogP contribution in [0.15, 0.2) is 36.4 Å². The van der Waals surface area contributed by atoms with Crippen LogP contribution in [0.1, 0.15) is 16.7 Å². The minimum Gasteiger partial charge on any atom is -0.326 e. The molecular formula is C15H13FN2. The van der Waals surface area contributed by atoms with E-state index in [-0.39, 0.29) is 0 Å². The lowest BCUT2D eigenvalue weighted by atomic mass is 9.97. The van der Waals surface area contributed by atoms with E-state index in [1.54, 1.807) is 6.07 Å². The number of nitriles is 1. The van der Waals surface area contributed by atoms with Crippen molar-refractivity contribution in [1.29, 1.82) is 5.26 Å². The van der Waals surface area contributed by atoms with Gasteiger partial charge in [-0.05, 0) is 53.4 Å². The molecule has 0 radical (unpaired) electrons. The van der Waals surface area contributed by atoms with E-state index in [4.69, 9.17) is 11.0 Å². The number of rotatable bonds is 2. The van der Waals surface area contributed by atoms with E-state index in [2.05, 4.69) is 0 Å². The molecule has 2 aromatic carbocycles. The van der Waals surface area contributed by atoms with Gasteiger partial charge < -0.3 is 5.73 Å². The molecule has 0 amide bonds. The molecule has 0 aliphatic carbocycles. The van der Waals surface area contributed by atoms with Gasteiger partial charge in [-0.1, -0.05) is 12.1 Å². The highest BCUT2D eigenvalue weighted by Gasteiger charge is 2.06. The van der Waals surface area contributed by atoms with Gasteiger partial charge in [-0.25, -0.2) is 4.39 Å². The Balaban J connectivity index is 2.61. The second kappa shape index (κ2) is 4.99. The predicted octanol–water partition coefficient (Wildman–Crippen LogP) is 3.13. The number of aryl methyl sites for hydroxylation is 1. The lowest BCUT2D eigenvalue weighted by molar-refractivity contribution is 0.628. The topological polar surface area (TPSA) is 49.8 Å². The van der Waals surface area contributed by atoms with Gasteiger partial charge in [0, 0.05) is 6.54 Å². The van der Waals surface area contributed by atoms with Crippen LogP contribution >= 0.6 is 0 Å². The summed E-state index contributed by atoms with van der Waals surface area (Å²) in [6, 6.07) is 12.1. The first kappa shape index (κ1) is 12.3. The number of halogens is 1. The zero-order valence-corrected chi connectivity index (χ0v) is 10.1. The van der Waals surface area contributed by atoms with Crippen molar-refractivity contribution in [3.05, 3.63) is 58.9 Å². The van der Waals surface area contributed by atoms with E-state index in [0.717, 1.165) is 16.7 Å². The molecule has 0 fully saturated rings. The molecule has 90 valence electrons. The average molecular weight is 240 g/mol. The maximum absolute atomic E-state index is 13.4. The summed E-state index contributed by atoms with van der Waals surface area (Å²) in [5.41, 5.74) is 9.56. The van der Waals surface area contributed by atoms with E-state index in [1.807, 2.05) is 31.2 Å². The van der Waals surface area contributed by atoms with Crippen LogP contribution in [0.5, 0.6) is 0 Å². The Labute approximate surface area is 105 Å². The summed E-state index contributed by atoms with van der Waals surface area (Å²) in [5, 5.41) is 8.87. The number of benzene rings is 2. The monoisotopic (exact) mass is 240 g/mol. The Morgan fingerprint density at radius 1 is 1.22 bits per heavy atom. The largest absolute Gasteiger partial charge is 0.326 e. The average Bonchev–Trinajstić information content (AvgIpc) is 2.38. The van der Waals surface area contributed by atoms with Crippen LogP contribution in [0.2, 0.25) is 0 Å². The fraction of sp³-hybridized carbons (Fsp3) is 0.133. The summed E-state index contributed by atoms with van der Waals surface area (Å²) in [5.74, 6) is -0.401. The lowest BCUT2D eigenvalue weighted by Gasteiger charge is -2.09. The van der Waals surface area contributed by atoms with Crippen molar-refractivity contribution in [1.82, 2.24) is 0 Å². The van der Waals surface area contributed by atoms with Gasteiger partial charge >= 0.3 is 0 Å². The summed E-state index contributed by atoms with van der Waals surface area (Å²) >= 11 is 0. The first-order chi connectivity index (χ1) is 8.63. The van der Waals surface area contributed by atoms with Crippen molar-refractivity contribution in [3.63, 3.8) is 0 Å². The van der Waals surface area contributed by atoms with Gasteiger partial charge in [0.2, 0.25) is 0 Å². The molecule has 0 aromatic heterocycles. The molecule has 0 unspecified atom stereocenters. The molecule has 2 N–H and O–H groups in total. The van der Waals surface area contributed by atoms with Gasteiger partial charge in [-0.2, -0.15) is 5.26 Å². The highest BCUT2D eigenvalue weighted by Crippen LogP contribution is 2.26. The Hall–Kier alpha value is -2.18. The molecular weight excluding hydrogens is 227 g/mol. The minimum atomic E-state index is -0.401. The van der Waals surface area contributed by atoms with E-state index in [1.165, 1.54) is 12.1 Å². The van der Waals surface area contributed by atoms with Crippen LogP contribution in [0.4, 0.5) is 4.39 Å². The SMILES string of the molecule is Cc1ccc(CN)cc1-c1cc(F)cc(C#N)c1. The second-order valence-electron chi connectivity index (χ2n) is 4.19. The normalized spacial score (nSPS) is 10.1. The van der Waals surface area contributed by atoms with Crippen LogP contribution in [0.3, 0.4) is 0 Å². The van der Waals surface area contributed by atoms with Crippen molar-refractivity contribution < 1.29 is 4.39 Å². The predicted molar refractivity (Wildman–Crippen MR) is 69.2 cm³/mol. The summed E-state index contributed by atoms with van der Waals surface area (Å²) < 4.78 is 13.4. The smallest absolute Gasteiger partial charge is 0.125 e. The Bertz CT molecular complexity index is 627. The van der Waals surface area contributed by atoms with Gasteiger partial charge in [0.1, 0.15) is 5.82 Å². The number of nitrogens with two attached hydrogens (primary N) is 1. The highest BCUT2D eigenvalue weighted by atomic mass is 19.1. The molecule has 0 saturated heterocycles. The standard InChI is InChI=1S/C15H13FN2/c1-10-2-3-11(8-17)6-15(10)13-4-12(9-18)5-14(16)7-13/h2-7H,8,17H2,1H3. The first-order valence-corrected chi connectivity index (χ1v) is 5.64. The molecule has 2 nitrogen and oxygen atoms in total. The molecule has 0 bridgehead atoms. The fourth-order valence-electron chi connectivity index (χ4n) is 1.92. The molecule has 2 aromatic rings. The van der Waals surface area contributed by atoms with E-state index >= 15 is 0 Å². The minimum absolute atomic E-state index is 0.322. The molecule has 0 saturated carbocycles. The van der Waals surface area contributed by atoms with Crippen molar-refractivity contribution in [2.24, 2.45) is 5.73 Å². The highest BCUT2D eigenvalue weighted by molar-refractivity contribution is 5.69. The lowest BCUT2D eigenvalue weighted by Crippen LogP contribution is -1.97. The molecule has 0 heterocycles. The maximum atomic E-state index is 13.4. The zero-order valence-electron chi connectivity index (χ0n) is 10.1. The Morgan fingerprint density at radius 3 is 2.67 bits per heavy atom. The van der Waals surface area contributed by atoms with Crippen LogP contribution in [-0.4, -0.2) is 0 Å². The molecule has 0 atom stereocenters. The van der Waals surface area contributed by atoms with Crippen molar-refractivity contribution in [2.45, 2.75) is 13.5 Å². The van der Waals surface area contributed by atoms with Crippen LogP contribution in [0, 0.1) is 24.1 Å². The third-order valence-electron chi connectivity index (χ3n) is 2.88. The first-order valence-electron chi connectivity index (χ1n) is 5.64. The molecule has 0 aliphatic heterocycles. The quantitative estimate of drug-likeness (QED) is 0.876. The summed E-state index contributed by atoms with van der Waals surface area (Å²) in [7, 11) is 0.